The molecular formula is C23H29N3O2. The lowest BCUT2D eigenvalue weighted by Crippen LogP contribution is -2.31. The maximum Gasteiger partial charge on any atom is 0.240 e. The number of hydrogen-bond donors (Lipinski definition) is 1. The summed E-state index contributed by atoms with van der Waals surface area (Å²) in [4.78, 5) is 6.89. The van der Waals surface area contributed by atoms with Crippen molar-refractivity contribution >= 4 is 0 Å². The Labute approximate surface area is 167 Å². The minimum absolute atomic E-state index is 0.0555. The maximum absolute atomic E-state index is 9.43. The molecule has 0 saturated heterocycles. The molecule has 2 aromatic carbocycles. The van der Waals surface area contributed by atoms with Gasteiger partial charge in [0.25, 0.3) is 0 Å². The highest BCUT2D eigenvalue weighted by Gasteiger charge is 2.24. The molecule has 0 amide bonds. The highest BCUT2D eigenvalue weighted by molar-refractivity contribution is 5.31. The monoisotopic (exact) mass is 379 g/mol. The van der Waals surface area contributed by atoms with Gasteiger partial charge in [0.05, 0.1) is 12.6 Å². The van der Waals surface area contributed by atoms with Gasteiger partial charge in [-0.3, -0.25) is 4.90 Å². The van der Waals surface area contributed by atoms with Crippen LogP contribution in [0.25, 0.3) is 0 Å². The second-order valence-corrected chi connectivity index (χ2v) is 6.98. The quantitative estimate of drug-likeness (QED) is 0.535. The number of aliphatic hydroxyl groups excluding tert-OH is 1. The van der Waals surface area contributed by atoms with Crippen LogP contribution < -0.4 is 0 Å². The first-order valence-electron chi connectivity index (χ1n) is 10.1. The summed E-state index contributed by atoms with van der Waals surface area (Å²) >= 11 is 0. The topological polar surface area (TPSA) is 62.4 Å². The standard InChI is InChI=1S/C23H29N3O2/c1-2-3-15-21-24-22(28-25-21)18-26(16-10-17-27)23(19-11-6-4-7-12-19)20-13-8-5-9-14-20/h4-9,11-14,23,27H,2-3,10,15-18H2,1H3. The largest absolute Gasteiger partial charge is 0.396 e. The molecule has 5 nitrogen and oxygen atoms in total. The van der Waals surface area contributed by atoms with Crippen molar-refractivity contribution in [2.24, 2.45) is 0 Å². The molecule has 0 spiro atoms. The van der Waals surface area contributed by atoms with Crippen molar-refractivity contribution < 1.29 is 9.63 Å². The van der Waals surface area contributed by atoms with Crippen molar-refractivity contribution in [2.75, 3.05) is 13.2 Å². The van der Waals surface area contributed by atoms with Gasteiger partial charge >= 0.3 is 0 Å². The summed E-state index contributed by atoms with van der Waals surface area (Å²) in [5.41, 5.74) is 2.41. The molecule has 0 unspecified atom stereocenters. The number of benzene rings is 2. The second kappa shape index (κ2) is 10.7. The van der Waals surface area contributed by atoms with Crippen LogP contribution in [0.3, 0.4) is 0 Å². The molecule has 148 valence electrons. The van der Waals surface area contributed by atoms with E-state index in [0.29, 0.717) is 18.9 Å². The van der Waals surface area contributed by atoms with Crippen molar-refractivity contribution in [3.63, 3.8) is 0 Å². The summed E-state index contributed by atoms with van der Waals surface area (Å²) in [6.45, 7) is 3.59. The van der Waals surface area contributed by atoms with E-state index in [1.807, 2.05) is 12.1 Å². The number of rotatable bonds is 11. The molecule has 0 fully saturated rings. The van der Waals surface area contributed by atoms with Crippen LogP contribution in [-0.2, 0) is 13.0 Å². The predicted octanol–water partition coefficient (Wildman–Crippen LogP) is 4.39. The first-order valence-corrected chi connectivity index (χ1v) is 10.1. The lowest BCUT2D eigenvalue weighted by Gasteiger charge is -2.31. The molecule has 1 heterocycles. The van der Waals surface area contributed by atoms with E-state index in [1.165, 1.54) is 11.1 Å². The Hall–Kier alpha value is -2.50. The van der Waals surface area contributed by atoms with Gasteiger partial charge in [0, 0.05) is 19.6 Å². The zero-order valence-corrected chi connectivity index (χ0v) is 16.5. The molecule has 1 N–H and O–H groups in total. The number of aliphatic hydroxyl groups is 1. The van der Waals surface area contributed by atoms with Crippen molar-refractivity contribution in [3.05, 3.63) is 83.5 Å². The van der Waals surface area contributed by atoms with Gasteiger partial charge in [0.1, 0.15) is 0 Å². The van der Waals surface area contributed by atoms with Crippen LogP contribution in [0.1, 0.15) is 55.1 Å². The SMILES string of the molecule is CCCCc1noc(CN(CCCO)C(c2ccccc2)c2ccccc2)n1. The van der Waals surface area contributed by atoms with E-state index in [0.717, 1.165) is 31.6 Å². The van der Waals surface area contributed by atoms with Gasteiger partial charge in [-0.1, -0.05) is 79.2 Å². The maximum atomic E-state index is 9.43. The Morgan fingerprint density at radius 3 is 2.18 bits per heavy atom. The number of aromatic nitrogens is 2. The molecule has 5 heteroatoms. The van der Waals surface area contributed by atoms with Gasteiger partial charge < -0.3 is 9.63 Å². The smallest absolute Gasteiger partial charge is 0.240 e. The predicted molar refractivity (Wildman–Crippen MR) is 110 cm³/mol. The van der Waals surface area contributed by atoms with Gasteiger partial charge in [-0.15, -0.1) is 0 Å². The lowest BCUT2D eigenvalue weighted by atomic mass is 9.96. The van der Waals surface area contributed by atoms with E-state index in [1.54, 1.807) is 0 Å². The van der Waals surface area contributed by atoms with Crippen molar-refractivity contribution in [1.82, 2.24) is 15.0 Å². The van der Waals surface area contributed by atoms with Crippen LogP contribution in [0.4, 0.5) is 0 Å². The van der Waals surface area contributed by atoms with Gasteiger partial charge in [-0.2, -0.15) is 4.98 Å². The van der Waals surface area contributed by atoms with Gasteiger partial charge in [0.2, 0.25) is 5.89 Å². The fraction of sp³-hybridized carbons (Fsp3) is 0.391. The Bertz CT molecular complexity index is 765. The van der Waals surface area contributed by atoms with Gasteiger partial charge in [0.15, 0.2) is 5.82 Å². The zero-order chi connectivity index (χ0) is 19.6. The van der Waals surface area contributed by atoms with Crippen molar-refractivity contribution in [1.29, 1.82) is 0 Å². The summed E-state index contributed by atoms with van der Waals surface area (Å²) in [6.07, 6.45) is 3.70. The average molecular weight is 380 g/mol. The Kier molecular flexibility index (Phi) is 7.76. The van der Waals surface area contributed by atoms with Crippen LogP contribution >= 0.6 is 0 Å². The van der Waals surface area contributed by atoms with E-state index in [4.69, 9.17) is 4.52 Å². The normalized spacial score (nSPS) is 11.4. The van der Waals surface area contributed by atoms with Crippen molar-refractivity contribution in [3.8, 4) is 0 Å². The summed E-state index contributed by atoms with van der Waals surface area (Å²) < 4.78 is 5.53. The highest BCUT2D eigenvalue weighted by Crippen LogP contribution is 2.30. The van der Waals surface area contributed by atoms with Crippen LogP contribution in [0.15, 0.2) is 65.2 Å². The van der Waals surface area contributed by atoms with Crippen LogP contribution in [0, 0.1) is 0 Å². The molecule has 0 aliphatic heterocycles. The first kappa shape index (κ1) is 20.2. The Morgan fingerprint density at radius 2 is 1.61 bits per heavy atom. The molecule has 0 bridgehead atoms. The Morgan fingerprint density at radius 1 is 0.964 bits per heavy atom. The van der Waals surface area contributed by atoms with E-state index in [2.05, 4.69) is 70.5 Å². The van der Waals surface area contributed by atoms with Crippen molar-refractivity contribution in [2.45, 2.75) is 45.2 Å². The van der Waals surface area contributed by atoms with Crippen LogP contribution in [0.5, 0.6) is 0 Å². The van der Waals surface area contributed by atoms with Gasteiger partial charge in [-0.05, 0) is 24.0 Å². The average Bonchev–Trinajstić information content (AvgIpc) is 3.19. The molecule has 0 aliphatic carbocycles. The van der Waals surface area contributed by atoms with E-state index >= 15 is 0 Å². The van der Waals surface area contributed by atoms with Gasteiger partial charge in [-0.25, -0.2) is 0 Å². The third kappa shape index (κ3) is 5.50. The highest BCUT2D eigenvalue weighted by atomic mass is 16.5. The number of unbranched alkanes of at least 4 members (excludes halogenated alkanes) is 1. The molecular weight excluding hydrogens is 350 g/mol. The van der Waals surface area contributed by atoms with E-state index < -0.39 is 0 Å². The molecule has 0 radical (unpaired) electrons. The summed E-state index contributed by atoms with van der Waals surface area (Å²) in [6, 6.07) is 20.9. The third-order valence-corrected chi connectivity index (χ3v) is 4.80. The minimum atomic E-state index is 0.0555. The molecule has 3 aromatic rings. The third-order valence-electron chi connectivity index (χ3n) is 4.80. The van der Waals surface area contributed by atoms with E-state index in [-0.39, 0.29) is 12.6 Å². The zero-order valence-electron chi connectivity index (χ0n) is 16.5. The number of hydrogen-bond acceptors (Lipinski definition) is 5. The summed E-state index contributed by atoms with van der Waals surface area (Å²) in [7, 11) is 0. The Balaban J connectivity index is 1.88. The first-order chi connectivity index (χ1) is 13.8. The summed E-state index contributed by atoms with van der Waals surface area (Å²) in [5, 5.41) is 13.6. The fourth-order valence-corrected chi connectivity index (χ4v) is 3.42. The van der Waals surface area contributed by atoms with Crippen LogP contribution in [0.2, 0.25) is 0 Å². The minimum Gasteiger partial charge on any atom is -0.396 e. The fourth-order valence-electron chi connectivity index (χ4n) is 3.42. The lowest BCUT2D eigenvalue weighted by molar-refractivity contribution is 0.167. The molecule has 28 heavy (non-hydrogen) atoms. The molecule has 3 rings (SSSR count). The van der Waals surface area contributed by atoms with E-state index in [9.17, 15) is 5.11 Å². The molecule has 0 atom stereocenters. The molecule has 0 aliphatic rings. The summed E-state index contributed by atoms with van der Waals surface area (Å²) in [5.74, 6) is 1.40. The van der Waals surface area contributed by atoms with Crippen LogP contribution in [-0.4, -0.2) is 33.3 Å². The molecule has 0 saturated carbocycles. The molecule has 1 aromatic heterocycles. The number of nitrogens with zero attached hydrogens (tertiary/aromatic N) is 3. The number of aryl methyl sites for hydroxylation is 1. The second-order valence-electron chi connectivity index (χ2n) is 6.98.